The molecule has 10 heteroatoms. The lowest BCUT2D eigenvalue weighted by Gasteiger charge is -2.13. The minimum Gasteiger partial charge on any atom is -0.366 e. The first kappa shape index (κ1) is 20.7. The van der Waals surface area contributed by atoms with E-state index in [4.69, 9.17) is 10.3 Å². The largest absolute Gasteiger partial charge is 0.417 e. The van der Waals surface area contributed by atoms with Crippen LogP contribution in [0.5, 0.6) is 0 Å². The molecule has 31 heavy (non-hydrogen) atoms. The van der Waals surface area contributed by atoms with E-state index in [9.17, 15) is 22.4 Å². The average Bonchev–Trinajstić information content (AvgIpc) is 3.36. The van der Waals surface area contributed by atoms with Gasteiger partial charge < -0.3 is 10.3 Å². The van der Waals surface area contributed by atoms with Crippen LogP contribution in [0.1, 0.15) is 21.5 Å². The number of hydrogen-bond donors (Lipinski definition) is 1. The molecule has 0 spiro atoms. The number of nitrogens with two attached hydrogens (primary N) is 1. The molecule has 4 aromatic rings. The van der Waals surface area contributed by atoms with Crippen molar-refractivity contribution in [1.29, 1.82) is 0 Å². The number of aromatic nitrogens is 2. The van der Waals surface area contributed by atoms with Crippen LogP contribution in [0.25, 0.3) is 34.0 Å². The standard InChI is InChI=1S/C21H13F4N3O2S/c1-10-8-31-9-15(10)13-4-3-12(6-16(13)21(23,24)25)20-27-19(28-30-20)11-2-5-14(18(26)29)17(22)7-11/h2-9H,1H3,(H2,26,29). The average molecular weight is 447 g/mol. The van der Waals surface area contributed by atoms with Crippen LogP contribution < -0.4 is 5.73 Å². The SMILES string of the molecule is Cc1cscc1-c1ccc(-c2nc(-c3ccc(C(N)=O)c(F)c3)no2)cc1C(F)(F)F. The summed E-state index contributed by atoms with van der Waals surface area (Å²) >= 11 is 1.32. The summed E-state index contributed by atoms with van der Waals surface area (Å²) in [4.78, 5) is 15.2. The lowest BCUT2D eigenvalue weighted by Crippen LogP contribution is -2.12. The van der Waals surface area contributed by atoms with Crippen molar-refractivity contribution >= 4 is 17.2 Å². The molecule has 2 aromatic heterocycles. The number of benzene rings is 2. The summed E-state index contributed by atoms with van der Waals surface area (Å²) in [6.07, 6.45) is -4.60. The smallest absolute Gasteiger partial charge is 0.366 e. The molecular weight excluding hydrogens is 434 g/mol. The van der Waals surface area contributed by atoms with E-state index >= 15 is 0 Å². The van der Waals surface area contributed by atoms with E-state index in [0.717, 1.165) is 17.7 Å². The normalized spacial score (nSPS) is 11.6. The number of thiophene rings is 1. The maximum absolute atomic E-state index is 14.0. The van der Waals surface area contributed by atoms with Gasteiger partial charge in [-0.1, -0.05) is 17.3 Å². The van der Waals surface area contributed by atoms with E-state index in [-0.39, 0.29) is 34.0 Å². The van der Waals surface area contributed by atoms with Gasteiger partial charge in [-0.05, 0) is 58.6 Å². The van der Waals surface area contributed by atoms with Crippen LogP contribution in [0, 0.1) is 12.7 Å². The third kappa shape index (κ3) is 3.93. The molecule has 0 aliphatic carbocycles. The summed E-state index contributed by atoms with van der Waals surface area (Å²) in [7, 11) is 0. The highest BCUT2D eigenvalue weighted by Gasteiger charge is 2.35. The lowest BCUT2D eigenvalue weighted by atomic mass is 9.97. The molecule has 2 aromatic carbocycles. The molecule has 0 unspecified atom stereocenters. The van der Waals surface area contributed by atoms with E-state index in [1.807, 2.05) is 0 Å². The predicted molar refractivity (Wildman–Crippen MR) is 107 cm³/mol. The summed E-state index contributed by atoms with van der Waals surface area (Å²) in [5.74, 6) is -2.01. The number of nitrogens with zero attached hydrogens (tertiary/aromatic N) is 2. The number of halogens is 4. The monoisotopic (exact) mass is 447 g/mol. The molecule has 0 saturated carbocycles. The van der Waals surface area contributed by atoms with Crippen molar-refractivity contribution < 1.29 is 26.9 Å². The Morgan fingerprint density at radius 3 is 2.42 bits per heavy atom. The van der Waals surface area contributed by atoms with Crippen molar-refractivity contribution in [1.82, 2.24) is 10.1 Å². The molecule has 2 heterocycles. The number of amides is 1. The molecular formula is C21H13F4N3O2S. The molecule has 0 fully saturated rings. The molecule has 0 atom stereocenters. The highest BCUT2D eigenvalue weighted by molar-refractivity contribution is 7.08. The van der Waals surface area contributed by atoms with Gasteiger partial charge in [-0.25, -0.2) is 4.39 Å². The minimum atomic E-state index is -4.60. The number of carbonyl (C=O) groups excluding carboxylic acids is 1. The van der Waals surface area contributed by atoms with E-state index < -0.39 is 23.5 Å². The Morgan fingerprint density at radius 2 is 1.81 bits per heavy atom. The first-order valence-corrected chi connectivity index (χ1v) is 9.77. The van der Waals surface area contributed by atoms with Crippen molar-refractivity contribution in [2.75, 3.05) is 0 Å². The Balaban J connectivity index is 1.75. The summed E-state index contributed by atoms with van der Waals surface area (Å²) in [6.45, 7) is 1.74. The molecule has 0 aliphatic rings. The topological polar surface area (TPSA) is 82.0 Å². The van der Waals surface area contributed by atoms with Gasteiger partial charge in [0.15, 0.2) is 0 Å². The van der Waals surface area contributed by atoms with Crippen LogP contribution in [-0.2, 0) is 6.18 Å². The van der Waals surface area contributed by atoms with Crippen molar-refractivity contribution in [3.05, 3.63) is 69.7 Å². The second-order valence-corrected chi connectivity index (χ2v) is 7.45. The Bertz CT molecular complexity index is 1290. The van der Waals surface area contributed by atoms with Crippen LogP contribution in [0.2, 0.25) is 0 Å². The van der Waals surface area contributed by atoms with Gasteiger partial charge in [0.05, 0.1) is 11.1 Å². The van der Waals surface area contributed by atoms with Crippen LogP contribution in [0.4, 0.5) is 17.6 Å². The molecule has 0 bridgehead atoms. The summed E-state index contributed by atoms with van der Waals surface area (Å²) in [6, 6.07) is 7.29. The van der Waals surface area contributed by atoms with Gasteiger partial charge in [0, 0.05) is 11.1 Å². The molecule has 5 nitrogen and oxygen atoms in total. The number of primary amides is 1. The van der Waals surface area contributed by atoms with Crippen molar-refractivity contribution in [3.8, 4) is 34.0 Å². The summed E-state index contributed by atoms with van der Waals surface area (Å²) in [5.41, 5.74) is 5.48. The fraction of sp³-hybridized carbons (Fsp3) is 0.0952. The zero-order valence-corrected chi connectivity index (χ0v) is 16.6. The van der Waals surface area contributed by atoms with Gasteiger partial charge >= 0.3 is 6.18 Å². The fourth-order valence-electron chi connectivity index (χ4n) is 3.10. The third-order valence-electron chi connectivity index (χ3n) is 4.64. The van der Waals surface area contributed by atoms with Gasteiger partial charge in [0.25, 0.3) is 11.8 Å². The Kier molecular flexibility index (Phi) is 5.10. The third-order valence-corrected chi connectivity index (χ3v) is 5.50. The maximum Gasteiger partial charge on any atom is 0.417 e. The fourth-order valence-corrected chi connectivity index (χ4v) is 3.94. The van der Waals surface area contributed by atoms with Crippen molar-refractivity contribution in [2.24, 2.45) is 5.73 Å². The van der Waals surface area contributed by atoms with Crippen molar-refractivity contribution in [3.63, 3.8) is 0 Å². The van der Waals surface area contributed by atoms with E-state index in [0.29, 0.717) is 5.56 Å². The zero-order valence-electron chi connectivity index (χ0n) is 15.8. The molecule has 1 amide bonds. The number of carbonyl (C=O) groups is 1. The molecule has 4 rings (SSSR count). The first-order chi connectivity index (χ1) is 14.6. The summed E-state index contributed by atoms with van der Waals surface area (Å²) in [5, 5.41) is 7.14. The van der Waals surface area contributed by atoms with Crippen LogP contribution >= 0.6 is 11.3 Å². The van der Waals surface area contributed by atoms with E-state index in [1.54, 1.807) is 17.7 Å². The van der Waals surface area contributed by atoms with Crippen molar-refractivity contribution in [2.45, 2.75) is 13.1 Å². The quantitative estimate of drug-likeness (QED) is 0.407. The number of aryl methyl sites for hydroxylation is 1. The first-order valence-electron chi connectivity index (χ1n) is 8.83. The van der Waals surface area contributed by atoms with Gasteiger partial charge in [0.2, 0.25) is 5.82 Å². The van der Waals surface area contributed by atoms with E-state index in [2.05, 4.69) is 10.1 Å². The number of rotatable bonds is 4. The lowest BCUT2D eigenvalue weighted by molar-refractivity contribution is -0.137. The molecule has 2 N–H and O–H groups in total. The van der Waals surface area contributed by atoms with Gasteiger partial charge in [0.1, 0.15) is 5.82 Å². The number of alkyl halides is 3. The molecule has 0 aliphatic heterocycles. The van der Waals surface area contributed by atoms with Crippen LogP contribution in [-0.4, -0.2) is 16.0 Å². The molecule has 0 radical (unpaired) electrons. The Morgan fingerprint density at radius 1 is 1.06 bits per heavy atom. The number of hydrogen-bond acceptors (Lipinski definition) is 5. The second-order valence-electron chi connectivity index (χ2n) is 6.71. The van der Waals surface area contributed by atoms with Gasteiger partial charge in [-0.2, -0.15) is 29.5 Å². The predicted octanol–water partition coefficient (Wildman–Crippen LogP) is 5.70. The highest BCUT2D eigenvalue weighted by atomic mass is 32.1. The van der Waals surface area contributed by atoms with Crippen LogP contribution in [0.15, 0.2) is 51.7 Å². The molecule has 0 saturated heterocycles. The van der Waals surface area contributed by atoms with E-state index in [1.165, 1.54) is 35.6 Å². The minimum absolute atomic E-state index is 0.0452. The van der Waals surface area contributed by atoms with Crippen LogP contribution in [0.3, 0.4) is 0 Å². The van der Waals surface area contributed by atoms with Gasteiger partial charge in [-0.3, -0.25) is 4.79 Å². The maximum atomic E-state index is 14.0. The molecule has 158 valence electrons. The summed E-state index contributed by atoms with van der Waals surface area (Å²) < 4.78 is 60.3. The Hall–Kier alpha value is -3.53. The Labute approximate surface area is 177 Å². The second kappa shape index (κ2) is 7.62. The van der Waals surface area contributed by atoms with Gasteiger partial charge in [-0.15, -0.1) is 0 Å². The highest BCUT2D eigenvalue weighted by Crippen LogP contribution is 2.41. The zero-order chi connectivity index (χ0) is 22.3.